The molecule has 6 nitrogen and oxygen atoms in total. The van der Waals surface area contributed by atoms with Crippen molar-refractivity contribution in [3.05, 3.63) is 87.3 Å². The van der Waals surface area contributed by atoms with Gasteiger partial charge in [0.2, 0.25) is 0 Å². The number of sulfone groups is 1. The molecule has 0 aliphatic heterocycles. The van der Waals surface area contributed by atoms with Crippen molar-refractivity contribution in [3.63, 3.8) is 0 Å². The van der Waals surface area contributed by atoms with Gasteiger partial charge in [0.15, 0.2) is 9.84 Å². The summed E-state index contributed by atoms with van der Waals surface area (Å²) in [4.78, 5) is 24.8. The van der Waals surface area contributed by atoms with Gasteiger partial charge < -0.3 is 10.6 Å². The molecule has 3 aromatic rings. The number of carbonyl (C=O) groups is 2. The van der Waals surface area contributed by atoms with Crippen molar-refractivity contribution in [3.8, 4) is 0 Å². The number of hydrogen-bond donors (Lipinski definition) is 2. The zero-order chi connectivity index (χ0) is 22.4. The minimum atomic E-state index is -3.94. The molecule has 10 heteroatoms. The van der Waals surface area contributed by atoms with E-state index in [2.05, 4.69) is 10.6 Å². The van der Waals surface area contributed by atoms with Crippen LogP contribution in [0.1, 0.15) is 15.7 Å². The summed E-state index contributed by atoms with van der Waals surface area (Å²) in [6, 6.07) is 14.6. The van der Waals surface area contributed by atoms with Crippen molar-refractivity contribution >= 4 is 44.6 Å². The predicted molar refractivity (Wildman–Crippen MR) is 117 cm³/mol. The van der Waals surface area contributed by atoms with Crippen molar-refractivity contribution in [2.45, 2.75) is 16.7 Å². The molecule has 0 radical (unpaired) electrons. The summed E-state index contributed by atoms with van der Waals surface area (Å²) in [6.07, 6.45) is 0. The van der Waals surface area contributed by atoms with E-state index in [0.29, 0.717) is 15.5 Å². The molecule has 2 aromatic carbocycles. The second-order valence-electron chi connectivity index (χ2n) is 6.49. The van der Waals surface area contributed by atoms with E-state index in [0.717, 1.165) is 12.1 Å². The van der Waals surface area contributed by atoms with E-state index in [1.807, 2.05) is 0 Å². The van der Waals surface area contributed by atoms with Crippen LogP contribution in [0.4, 0.5) is 4.39 Å². The van der Waals surface area contributed by atoms with Crippen LogP contribution in [0.5, 0.6) is 0 Å². The highest BCUT2D eigenvalue weighted by atomic mass is 35.5. The van der Waals surface area contributed by atoms with E-state index >= 15 is 0 Å². The minimum Gasteiger partial charge on any atom is -0.346 e. The molecule has 1 heterocycles. The van der Waals surface area contributed by atoms with Crippen molar-refractivity contribution < 1.29 is 22.4 Å². The van der Waals surface area contributed by atoms with Gasteiger partial charge in [-0.05, 0) is 47.3 Å². The highest BCUT2D eigenvalue weighted by Crippen LogP contribution is 2.31. The summed E-state index contributed by atoms with van der Waals surface area (Å²) < 4.78 is 39.4. The first-order valence-electron chi connectivity index (χ1n) is 9.11. The Morgan fingerprint density at radius 3 is 2.29 bits per heavy atom. The SMILES string of the molecule is O=C(NCc1ccccc1Cl)C(=O)NCC(c1cccs1)S(=O)(=O)c1ccc(F)cc1. The molecule has 2 N–H and O–H groups in total. The number of amides is 2. The van der Waals surface area contributed by atoms with Crippen LogP contribution in [0.15, 0.2) is 70.9 Å². The van der Waals surface area contributed by atoms with Gasteiger partial charge in [-0.1, -0.05) is 35.9 Å². The van der Waals surface area contributed by atoms with E-state index in [1.54, 1.807) is 41.8 Å². The fraction of sp³-hybridized carbons (Fsp3) is 0.143. The molecule has 1 aromatic heterocycles. The summed E-state index contributed by atoms with van der Waals surface area (Å²) in [6.45, 7) is -0.271. The van der Waals surface area contributed by atoms with Gasteiger partial charge in [0.1, 0.15) is 11.1 Å². The van der Waals surface area contributed by atoms with Crippen LogP contribution >= 0.6 is 22.9 Å². The van der Waals surface area contributed by atoms with Gasteiger partial charge in [0.05, 0.1) is 4.90 Å². The number of rotatable bonds is 7. The first-order chi connectivity index (χ1) is 14.8. The van der Waals surface area contributed by atoms with E-state index < -0.39 is 32.7 Å². The molecule has 1 unspecified atom stereocenters. The van der Waals surface area contributed by atoms with Crippen LogP contribution < -0.4 is 10.6 Å². The molecule has 0 aliphatic rings. The molecule has 0 aliphatic carbocycles. The fourth-order valence-corrected chi connectivity index (χ4v) is 5.78. The molecule has 0 bridgehead atoms. The van der Waals surface area contributed by atoms with Crippen molar-refractivity contribution in [2.24, 2.45) is 0 Å². The third-order valence-electron chi connectivity index (χ3n) is 4.43. The Morgan fingerprint density at radius 2 is 1.65 bits per heavy atom. The smallest absolute Gasteiger partial charge is 0.309 e. The van der Waals surface area contributed by atoms with Gasteiger partial charge >= 0.3 is 11.8 Å². The minimum absolute atomic E-state index is 0.0498. The zero-order valence-corrected chi connectivity index (χ0v) is 18.4. The lowest BCUT2D eigenvalue weighted by atomic mass is 10.2. The van der Waals surface area contributed by atoms with Gasteiger partial charge in [0, 0.05) is 23.0 Å². The zero-order valence-electron chi connectivity index (χ0n) is 16.0. The van der Waals surface area contributed by atoms with E-state index in [1.165, 1.54) is 23.5 Å². The van der Waals surface area contributed by atoms with Crippen LogP contribution in [0, 0.1) is 5.82 Å². The number of hydrogen-bond acceptors (Lipinski definition) is 5. The maximum absolute atomic E-state index is 13.2. The number of nitrogens with one attached hydrogen (secondary N) is 2. The van der Waals surface area contributed by atoms with Crippen LogP contribution in [-0.2, 0) is 26.0 Å². The maximum atomic E-state index is 13.2. The lowest BCUT2D eigenvalue weighted by molar-refractivity contribution is -0.139. The molecule has 162 valence electrons. The lowest BCUT2D eigenvalue weighted by Gasteiger charge is -2.17. The number of carbonyl (C=O) groups excluding carboxylic acids is 2. The second-order valence-corrected chi connectivity index (χ2v) is 10.0. The summed E-state index contributed by atoms with van der Waals surface area (Å²) in [5.74, 6) is -2.44. The topological polar surface area (TPSA) is 92.3 Å². The second kappa shape index (κ2) is 10.0. The predicted octanol–water partition coefficient (Wildman–Crippen LogP) is 3.49. The van der Waals surface area contributed by atoms with Crippen molar-refractivity contribution in [1.82, 2.24) is 10.6 Å². The Kier molecular flexibility index (Phi) is 7.42. The summed E-state index contributed by atoms with van der Waals surface area (Å²) in [7, 11) is -3.94. The molecule has 0 fully saturated rings. The van der Waals surface area contributed by atoms with Crippen LogP contribution in [-0.4, -0.2) is 26.8 Å². The Bertz CT molecular complexity index is 1170. The highest BCUT2D eigenvalue weighted by molar-refractivity contribution is 7.91. The third kappa shape index (κ3) is 5.69. The Morgan fingerprint density at radius 1 is 0.968 bits per heavy atom. The standard InChI is InChI=1S/C21H18ClFN2O4S2/c22-17-5-2-1-4-14(17)12-24-20(26)21(27)25-13-19(18-6-3-11-30-18)31(28,29)16-9-7-15(23)8-10-16/h1-11,19H,12-13H2,(H,24,26)(H,25,27). The van der Waals surface area contributed by atoms with E-state index in [-0.39, 0.29) is 18.0 Å². The molecule has 1 atom stereocenters. The average Bonchev–Trinajstić information content (AvgIpc) is 3.27. The lowest BCUT2D eigenvalue weighted by Crippen LogP contribution is -2.42. The van der Waals surface area contributed by atoms with Crippen LogP contribution in [0.25, 0.3) is 0 Å². The van der Waals surface area contributed by atoms with Crippen molar-refractivity contribution in [1.29, 1.82) is 0 Å². The molecule has 31 heavy (non-hydrogen) atoms. The average molecular weight is 481 g/mol. The maximum Gasteiger partial charge on any atom is 0.309 e. The Hall–Kier alpha value is -2.75. The normalized spacial score (nSPS) is 12.2. The van der Waals surface area contributed by atoms with Gasteiger partial charge in [0.25, 0.3) is 0 Å². The summed E-state index contributed by atoms with van der Waals surface area (Å²) >= 11 is 7.23. The molecule has 3 rings (SSSR count). The summed E-state index contributed by atoms with van der Waals surface area (Å²) in [5, 5.41) is 5.86. The quantitative estimate of drug-likeness (QED) is 0.400. The molecular formula is C21H18ClFN2O4S2. The molecule has 0 spiro atoms. The molecule has 0 saturated heterocycles. The largest absolute Gasteiger partial charge is 0.346 e. The molecule has 0 saturated carbocycles. The third-order valence-corrected chi connectivity index (χ3v) is 8.03. The molecule has 2 amide bonds. The van der Waals surface area contributed by atoms with Gasteiger partial charge in [-0.2, -0.15) is 0 Å². The van der Waals surface area contributed by atoms with Crippen molar-refractivity contribution in [2.75, 3.05) is 6.54 Å². The number of benzene rings is 2. The summed E-state index contributed by atoms with van der Waals surface area (Å²) in [5.41, 5.74) is 0.640. The number of halogens is 2. The van der Waals surface area contributed by atoms with Crippen LogP contribution in [0.3, 0.4) is 0 Å². The van der Waals surface area contributed by atoms with Crippen LogP contribution in [0.2, 0.25) is 5.02 Å². The highest BCUT2D eigenvalue weighted by Gasteiger charge is 2.31. The first kappa shape index (κ1) is 22.9. The van der Waals surface area contributed by atoms with E-state index in [9.17, 15) is 22.4 Å². The first-order valence-corrected chi connectivity index (χ1v) is 11.9. The fourth-order valence-electron chi connectivity index (χ4n) is 2.79. The monoisotopic (exact) mass is 480 g/mol. The Labute approximate surface area is 188 Å². The van der Waals surface area contributed by atoms with Gasteiger partial charge in [-0.25, -0.2) is 12.8 Å². The Balaban J connectivity index is 1.69. The van der Waals surface area contributed by atoms with Gasteiger partial charge in [-0.15, -0.1) is 11.3 Å². The van der Waals surface area contributed by atoms with Gasteiger partial charge in [-0.3, -0.25) is 9.59 Å². The molecular weight excluding hydrogens is 463 g/mol. The number of thiophene rings is 1. The van der Waals surface area contributed by atoms with E-state index in [4.69, 9.17) is 11.6 Å².